The molecule has 0 N–H and O–H groups in total. The predicted octanol–water partition coefficient (Wildman–Crippen LogP) is 6.33. The lowest BCUT2D eigenvalue weighted by Crippen LogP contribution is -2.30. The molecular weight excluding hydrogens is 396 g/mol. The van der Waals surface area contributed by atoms with Crippen molar-refractivity contribution >= 4 is 17.4 Å². The molecule has 0 unspecified atom stereocenters. The van der Waals surface area contributed by atoms with E-state index in [9.17, 15) is 9.59 Å². The van der Waals surface area contributed by atoms with Crippen LogP contribution in [-0.4, -0.2) is 23.2 Å². The third-order valence-corrected chi connectivity index (χ3v) is 5.73. The number of carbonyl (C=O) groups excluding carboxylic acids is 2. The minimum Gasteiger partial charge on any atom is -0.312 e. The van der Waals surface area contributed by atoms with Gasteiger partial charge in [0.1, 0.15) is 0 Å². The molecular formula is C28H32N2O2. The van der Waals surface area contributed by atoms with Crippen LogP contribution in [0.4, 0.5) is 5.69 Å². The number of amides is 1. The van der Waals surface area contributed by atoms with Crippen LogP contribution in [0, 0.1) is 13.8 Å². The van der Waals surface area contributed by atoms with E-state index in [1.807, 2.05) is 80.3 Å². The van der Waals surface area contributed by atoms with Gasteiger partial charge in [0.05, 0.1) is 0 Å². The van der Waals surface area contributed by atoms with Crippen LogP contribution in [0.15, 0.2) is 60.7 Å². The molecule has 4 nitrogen and oxygen atoms in total. The molecule has 3 aromatic rings. The van der Waals surface area contributed by atoms with Crippen LogP contribution >= 0.6 is 0 Å². The number of rotatable bonds is 9. The van der Waals surface area contributed by atoms with Crippen molar-refractivity contribution in [2.24, 2.45) is 0 Å². The first-order valence-electron chi connectivity index (χ1n) is 11.4. The van der Waals surface area contributed by atoms with Gasteiger partial charge in [0.15, 0.2) is 5.78 Å². The highest BCUT2D eigenvalue weighted by Crippen LogP contribution is 2.25. The third-order valence-electron chi connectivity index (χ3n) is 5.73. The van der Waals surface area contributed by atoms with Gasteiger partial charge in [-0.2, -0.15) is 0 Å². The number of aromatic nitrogens is 1. The molecule has 0 aliphatic heterocycles. The SMILES string of the molecule is CCCN(C(=O)CC)c1ccc(-c2ccc(C(=O)CCc3ccc(C)nc3C)cc2)cc1. The maximum Gasteiger partial charge on any atom is 0.226 e. The molecule has 0 bridgehead atoms. The quantitative estimate of drug-likeness (QED) is 0.374. The first-order chi connectivity index (χ1) is 15.4. The lowest BCUT2D eigenvalue weighted by molar-refractivity contribution is -0.118. The zero-order chi connectivity index (χ0) is 23.1. The number of hydrogen-bond acceptors (Lipinski definition) is 3. The molecule has 0 aliphatic carbocycles. The minimum absolute atomic E-state index is 0.138. The van der Waals surface area contributed by atoms with E-state index in [1.165, 1.54) is 0 Å². The topological polar surface area (TPSA) is 50.3 Å². The summed E-state index contributed by atoms with van der Waals surface area (Å²) in [6.45, 7) is 8.66. The zero-order valence-corrected chi connectivity index (χ0v) is 19.5. The van der Waals surface area contributed by atoms with E-state index in [-0.39, 0.29) is 11.7 Å². The number of pyridine rings is 1. The van der Waals surface area contributed by atoms with Gasteiger partial charge < -0.3 is 4.90 Å². The maximum atomic E-state index is 12.7. The highest BCUT2D eigenvalue weighted by molar-refractivity contribution is 5.96. The highest BCUT2D eigenvalue weighted by Gasteiger charge is 2.13. The van der Waals surface area contributed by atoms with Crippen molar-refractivity contribution in [2.45, 2.75) is 53.4 Å². The van der Waals surface area contributed by atoms with Crippen molar-refractivity contribution < 1.29 is 9.59 Å². The van der Waals surface area contributed by atoms with Crippen LogP contribution in [0.2, 0.25) is 0 Å². The van der Waals surface area contributed by atoms with Gasteiger partial charge in [-0.3, -0.25) is 14.6 Å². The predicted molar refractivity (Wildman–Crippen MR) is 131 cm³/mol. The Kier molecular flexibility index (Phi) is 7.93. The van der Waals surface area contributed by atoms with E-state index in [0.29, 0.717) is 19.3 Å². The van der Waals surface area contributed by atoms with E-state index >= 15 is 0 Å². The number of anilines is 1. The number of carbonyl (C=O) groups is 2. The molecule has 166 valence electrons. The second-order valence-electron chi connectivity index (χ2n) is 8.14. The smallest absolute Gasteiger partial charge is 0.226 e. The summed E-state index contributed by atoms with van der Waals surface area (Å²) < 4.78 is 0. The van der Waals surface area contributed by atoms with Gasteiger partial charge in [-0.25, -0.2) is 0 Å². The molecule has 0 spiro atoms. The van der Waals surface area contributed by atoms with Crippen LogP contribution in [0.5, 0.6) is 0 Å². The maximum absolute atomic E-state index is 12.7. The van der Waals surface area contributed by atoms with Gasteiger partial charge in [-0.05, 0) is 61.6 Å². The molecule has 0 saturated heterocycles. The van der Waals surface area contributed by atoms with Gasteiger partial charge in [0.2, 0.25) is 5.91 Å². The molecule has 0 radical (unpaired) electrons. The van der Waals surface area contributed by atoms with E-state index in [4.69, 9.17) is 0 Å². The molecule has 1 heterocycles. The number of Topliss-reactive ketones (excluding diaryl/α,β-unsaturated/α-hetero) is 1. The summed E-state index contributed by atoms with van der Waals surface area (Å²) in [5.41, 5.74) is 6.89. The molecule has 3 rings (SSSR count). The zero-order valence-electron chi connectivity index (χ0n) is 19.5. The van der Waals surface area contributed by atoms with Crippen molar-refractivity contribution in [3.8, 4) is 11.1 Å². The van der Waals surface area contributed by atoms with E-state index in [2.05, 4.69) is 18.0 Å². The Morgan fingerprint density at radius 2 is 1.47 bits per heavy atom. The van der Waals surface area contributed by atoms with Crippen molar-refractivity contribution in [3.63, 3.8) is 0 Å². The Hall–Kier alpha value is -3.27. The number of ketones is 1. The first kappa shape index (κ1) is 23.4. The van der Waals surface area contributed by atoms with E-state index in [0.717, 1.165) is 52.3 Å². The monoisotopic (exact) mass is 428 g/mol. The van der Waals surface area contributed by atoms with Gasteiger partial charge in [-0.15, -0.1) is 0 Å². The standard InChI is InChI=1S/C28H32N2O2/c1-5-19-30(28(32)6-2)26-16-13-24(14-17-26)23-9-11-25(12-10-23)27(31)18-15-22-8-7-20(3)29-21(22)4/h7-14,16-17H,5-6,15,18-19H2,1-4H3. The van der Waals surface area contributed by atoms with Crippen LogP contribution in [-0.2, 0) is 11.2 Å². The fourth-order valence-corrected chi connectivity index (χ4v) is 3.87. The summed E-state index contributed by atoms with van der Waals surface area (Å²) in [6.07, 6.45) is 2.59. The second kappa shape index (κ2) is 10.9. The first-order valence-corrected chi connectivity index (χ1v) is 11.4. The van der Waals surface area contributed by atoms with E-state index in [1.54, 1.807) is 0 Å². The molecule has 0 atom stereocenters. The van der Waals surface area contributed by atoms with Gasteiger partial charge >= 0.3 is 0 Å². The highest BCUT2D eigenvalue weighted by atomic mass is 16.2. The molecule has 2 aromatic carbocycles. The molecule has 0 saturated carbocycles. The Balaban J connectivity index is 1.67. The lowest BCUT2D eigenvalue weighted by atomic mass is 9.99. The average molecular weight is 429 g/mol. The average Bonchev–Trinajstić information content (AvgIpc) is 2.81. The summed E-state index contributed by atoms with van der Waals surface area (Å²) >= 11 is 0. The molecule has 32 heavy (non-hydrogen) atoms. The summed E-state index contributed by atoms with van der Waals surface area (Å²) in [6, 6.07) is 19.9. The summed E-state index contributed by atoms with van der Waals surface area (Å²) in [5, 5.41) is 0. The fourth-order valence-electron chi connectivity index (χ4n) is 3.87. The van der Waals surface area contributed by atoms with Crippen LogP contribution in [0.3, 0.4) is 0 Å². The Morgan fingerprint density at radius 3 is 2.03 bits per heavy atom. The van der Waals surface area contributed by atoms with Crippen molar-refractivity contribution in [1.82, 2.24) is 4.98 Å². The van der Waals surface area contributed by atoms with Gasteiger partial charge in [0, 0.05) is 42.0 Å². The van der Waals surface area contributed by atoms with Crippen molar-refractivity contribution in [1.29, 1.82) is 0 Å². The minimum atomic E-state index is 0.138. The molecule has 4 heteroatoms. The Morgan fingerprint density at radius 1 is 0.844 bits per heavy atom. The summed E-state index contributed by atoms with van der Waals surface area (Å²) in [4.78, 5) is 31.2. The molecule has 0 aliphatic rings. The lowest BCUT2D eigenvalue weighted by Gasteiger charge is -2.22. The van der Waals surface area contributed by atoms with Crippen molar-refractivity contribution in [2.75, 3.05) is 11.4 Å². The van der Waals surface area contributed by atoms with Gasteiger partial charge in [0.25, 0.3) is 0 Å². The fraction of sp³-hybridized carbons (Fsp3) is 0.321. The number of aryl methyl sites for hydroxylation is 3. The normalized spacial score (nSPS) is 10.8. The Labute approximate surface area is 191 Å². The number of benzene rings is 2. The van der Waals surface area contributed by atoms with Crippen LogP contribution in [0.25, 0.3) is 11.1 Å². The Bertz CT molecular complexity index is 1070. The number of nitrogens with zero attached hydrogens (tertiary/aromatic N) is 2. The van der Waals surface area contributed by atoms with Gasteiger partial charge in [-0.1, -0.05) is 56.3 Å². The van der Waals surface area contributed by atoms with Crippen LogP contribution < -0.4 is 4.90 Å². The second-order valence-corrected chi connectivity index (χ2v) is 8.14. The van der Waals surface area contributed by atoms with Crippen molar-refractivity contribution in [3.05, 3.63) is 83.2 Å². The van der Waals surface area contributed by atoms with E-state index < -0.39 is 0 Å². The van der Waals surface area contributed by atoms with Crippen LogP contribution in [0.1, 0.15) is 60.4 Å². The molecule has 1 amide bonds. The third kappa shape index (κ3) is 5.70. The molecule has 0 fully saturated rings. The largest absolute Gasteiger partial charge is 0.312 e. The summed E-state index contributed by atoms with van der Waals surface area (Å²) in [5.74, 6) is 0.277. The molecule has 1 aromatic heterocycles. The number of hydrogen-bond donors (Lipinski definition) is 0. The summed E-state index contributed by atoms with van der Waals surface area (Å²) in [7, 11) is 0.